The van der Waals surface area contributed by atoms with Crippen LogP contribution >= 0.6 is 15.9 Å². The van der Waals surface area contributed by atoms with Crippen molar-refractivity contribution in [1.82, 2.24) is 20.1 Å². The molecular formula is C21H30BrN5O2. The SMILES string of the molecule is CCN(CC)C(CNC(=O)CN1CCN(c2ccc(Br)cn2)CC1)c1ccco1. The summed E-state index contributed by atoms with van der Waals surface area (Å²) in [6.45, 7) is 10.5. The second kappa shape index (κ2) is 10.8. The zero-order valence-corrected chi connectivity index (χ0v) is 18.8. The fourth-order valence-electron chi connectivity index (χ4n) is 3.71. The maximum atomic E-state index is 12.5. The molecular weight excluding hydrogens is 434 g/mol. The van der Waals surface area contributed by atoms with Crippen LogP contribution in [0, 0.1) is 0 Å². The monoisotopic (exact) mass is 463 g/mol. The Balaban J connectivity index is 1.46. The number of aromatic nitrogens is 1. The smallest absolute Gasteiger partial charge is 0.234 e. The average molecular weight is 464 g/mol. The molecule has 1 aliphatic rings. The van der Waals surface area contributed by atoms with Crippen LogP contribution in [0.25, 0.3) is 0 Å². The molecule has 1 aliphatic heterocycles. The van der Waals surface area contributed by atoms with Crippen LogP contribution in [-0.2, 0) is 4.79 Å². The van der Waals surface area contributed by atoms with E-state index in [1.54, 1.807) is 6.26 Å². The number of nitrogens with zero attached hydrogens (tertiary/aromatic N) is 4. The Hall–Kier alpha value is -1.90. The number of carbonyl (C=O) groups is 1. The molecule has 7 nitrogen and oxygen atoms in total. The van der Waals surface area contributed by atoms with E-state index in [-0.39, 0.29) is 11.9 Å². The first kappa shape index (κ1) is 21.8. The van der Waals surface area contributed by atoms with Gasteiger partial charge in [-0.25, -0.2) is 4.98 Å². The number of rotatable bonds is 9. The Bertz CT molecular complexity index is 741. The summed E-state index contributed by atoms with van der Waals surface area (Å²) in [4.78, 5) is 23.8. The molecule has 2 aromatic heterocycles. The Labute approximate surface area is 181 Å². The molecule has 158 valence electrons. The largest absolute Gasteiger partial charge is 0.468 e. The van der Waals surface area contributed by atoms with Crippen LogP contribution in [0.4, 0.5) is 5.82 Å². The van der Waals surface area contributed by atoms with Crippen molar-refractivity contribution in [3.63, 3.8) is 0 Å². The third-order valence-electron chi connectivity index (χ3n) is 5.39. The van der Waals surface area contributed by atoms with E-state index >= 15 is 0 Å². The highest BCUT2D eigenvalue weighted by Crippen LogP contribution is 2.20. The van der Waals surface area contributed by atoms with Crippen LogP contribution in [0.1, 0.15) is 25.6 Å². The maximum Gasteiger partial charge on any atom is 0.234 e. The van der Waals surface area contributed by atoms with E-state index in [0.717, 1.165) is 55.3 Å². The predicted octanol–water partition coefficient (Wildman–Crippen LogP) is 2.76. The van der Waals surface area contributed by atoms with E-state index in [1.807, 2.05) is 30.5 Å². The maximum absolute atomic E-state index is 12.5. The van der Waals surface area contributed by atoms with Crippen molar-refractivity contribution < 1.29 is 9.21 Å². The fraction of sp³-hybridized carbons (Fsp3) is 0.524. The number of anilines is 1. The molecule has 3 heterocycles. The third kappa shape index (κ3) is 6.04. The van der Waals surface area contributed by atoms with Crippen molar-refractivity contribution in [1.29, 1.82) is 0 Å². The summed E-state index contributed by atoms with van der Waals surface area (Å²) in [6, 6.07) is 7.96. The van der Waals surface area contributed by atoms with Crippen molar-refractivity contribution in [2.24, 2.45) is 0 Å². The topological polar surface area (TPSA) is 64.9 Å². The van der Waals surface area contributed by atoms with Gasteiger partial charge in [0, 0.05) is 43.4 Å². The van der Waals surface area contributed by atoms with Crippen molar-refractivity contribution in [2.45, 2.75) is 19.9 Å². The summed E-state index contributed by atoms with van der Waals surface area (Å²) < 4.78 is 6.59. The summed E-state index contributed by atoms with van der Waals surface area (Å²) >= 11 is 3.42. The number of carbonyl (C=O) groups excluding carboxylic acids is 1. The molecule has 1 N–H and O–H groups in total. The summed E-state index contributed by atoms with van der Waals surface area (Å²) in [6.07, 6.45) is 3.51. The van der Waals surface area contributed by atoms with Gasteiger partial charge in [0.25, 0.3) is 0 Å². The quantitative estimate of drug-likeness (QED) is 0.616. The number of hydrogen-bond donors (Lipinski definition) is 1. The van der Waals surface area contributed by atoms with Crippen molar-refractivity contribution in [3.05, 3.63) is 47.0 Å². The number of likely N-dealkylation sites (N-methyl/N-ethyl adjacent to an activating group) is 1. The Morgan fingerprint density at radius 2 is 2.00 bits per heavy atom. The summed E-state index contributed by atoms with van der Waals surface area (Å²) in [5.74, 6) is 1.94. The van der Waals surface area contributed by atoms with E-state index in [9.17, 15) is 4.79 Å². The minimum atomic E-state index is 0.0592. The standard InChI is InChI=1S/C21H30BrN5O2/c1-3-26(4-2)18(19-6-5-13-29-19)15-24-21(28)16-25-9-11-27(12-10-25)20-8-7-17(22)14-23-20/h5-8,13-14,18H,3-4,9-12,15-16H2,1-2H3,(H,24,28). The normalized spacial score (nSPS) is 16.2. The van der Waals surface area contributed by atoms with Gasteiger partial charge in [-0.05, 0) is 53.3 Å². The first-order valence-electron chi connectivity index (χ1n) is 10.2. The third-order valence-corrected chi connectivity index (χ3v) is 5.86. The highest BCUT2D eigenvalue weighted by molar-refractivity contribution is 9.10. The molecule has 1 fully saturated rings. The number of nitrogens with one attached hydrogen (secondary N) is 1. The van der Waals surface area contributed by atoms with Gasteiger partial charge in [-0.15, -0.1) is 0 Å². The van der Waals surface area contributed by atoms with Crippen LogP contribution in [-0.4, -0.2) is 73.0 Å². The summed E-state index contributed by atoms with van der Waals surface area (Å²) in [7, 11) is 0. The van der Waals surface area contributed by atoms with Crippen LogP contribution < -0.4 is 10.2 Å². The lowest BCUT2D eigenvalue weighted by atomic mass is 10.2. The average Bonchev–Trinajstić information content (AvgIpc) is 3.27. The lowest BCUT2D eigenvalue weighted by molar-refractivity contribution is -0.122. The molecule has 1 saturated heterocycles. The van der Waals surface area contributed by atoms with E-state index < -0.39 is 0 Å². The van der Waals surface area contributed by atoms with E-state index in [0.29, 0.717) is 13.1 Å². The molecule has 0 spiro atoms. The van der Waals surface area contributed by atoms with Gasteiger partial charge in [0.1, 0.15) is 11.6 Å². The van der Waals surface area contributed by atoms with Gasteiger partial charge in [-0.1, -0.05) is 13.8 Å². The molecule has 2 aromatic rings. The zero-order chi connectivity index (χ0) is 20.6. The van der Waals surface area contributed by atoms with Gasteiger partial charge in [-0.2, -0.15) is 0 Å². The number of furan rings is 1. The summed E-state index contributed by atoms with van der Waals surface area (Å²) in [5, 5.41) is 3.10. The molecule has 0 aliphatic carbocycles. The van der Waals surface area contributed by atoms with Gasteiger partial charge in [0.15, 0.2) is 0 Å². The molecule has 0 radical (unpaired) electrons. The number of hydrogen-bond acceptors (Lipinski definition) is 6. The Kier molecular flexibility index (Phi) is 8.09. The van der Waals surface area contributed by atoms with Crippen LogP contribution in [0.3, 0.4) is 0 Å². The lowest BCUT2D eigenvalue weighted by Crippen LogP contribution is -2.50. The molecule has 0 bridgehead atoms. The number of pyridine rings is 1. The predicted molar refractivity (Wildman–Crippen MR) is 118 cm³/mol. The fourth-order valence-corrected chi connectivity index (χ4v) is 3.95. The van der Waals surface area contributed by atoms with Crippen LogP contribution in [0.2, 0.25) is 0 Å². The molecule has 1 unspecified atom stereocenters. The first-order valence-corrected chi connectivity index (χ1v) is 11.0. The molecule has 8 heteroatoms. The van der Waals surface area contributed by atoms with Crippen LogP contribution in [0.5, 0.6) is 0 Å². The van der Waals surface area contributed by atoms with Crippen molar-refractivity contribution in [3.8, 4) is 0 Å². The molecule has 0 aromatic carbocycles. The Morgan fingerprint density at radius 1 is 1.24 bits per heavy atom. The van der Waals surface area contributed by atoms with Gasteiger partial charge < -0.3 is 14.6 Å². The highest BCUT2D eigenvalue weighted by atomic mass is 79.9. The minimum Gasteiger partial charge on any atom is -0.468 e. The van der Waals surface area contributed by atoms with Crippen molar-refractivity contribution >= 4 is 27.7 Å². The Morgan fingerprint density at radius 3 is 2.59 bits per heavy atom. The molecule has 1 amide bonds. The molecule has 1 atom stereocenters. The minimum absolute atomic E-state index is 0.0592. The van der Waals surface area contributed by atoms with E-state index in [2.05, 4.69) is 54.8 Å². The molecule has 29 heavy (non-hydrogen) atoms. The number of halogens is 1. The molecule has 0 saturated carbocycles. The van der Waals surface area contributed by atoms with Gasteiger partial charge >= 0.3 is 0 Å². The molecule has 3 rings (SSSR count). The van der Waals surface area contributed by atoms with Gasteiger partial charge in [0.05, 0.1) is 18.8 Å². The second-order valence-electron chi connectivity index (χ2n) is 7.15. The van der Waals surface area contributed by atoms with Gasteiger partial charge in [-0.3, -0.25) is 14.6 Å². The first-order chi connectivity index (χ1) is 14.1. The highest BCUT2D eigenvalue weighted by Gasteiger charge is 2.23. The van der Waals surface area contributed by atoms with E-state index in [1.165, 1.54) is 0 Å². The van der Waals surface area contributed by atoms with Crippen molar-refractivity contribution in [2.75, 3.05) is 57.3 Å². The second-order valence-corrected chi connectivity index (χ2v) is 8.07. The summed E-state index contributed by atoms with van der Waals surface area (Å²) in [5.41, 5.74) is 0. The zero-order valence-electron chi connectivity index (χ0n) is 17.2. The van der Waals surface area contributed by atoms with Gasteiger partial charge in [0.2, 0.25) is 5.91 Å². The van der Waals surface area contributed by atoms with E-state index in [4.69, 9.17) is 4.42 Å². The lowest BCUT2D eigenvalue weighted by Gasteiger charge is -2.35. The number of piperazine rings is 1. The van der Waals surface area contributed by atoms with Crippen LogP contribution in [0.15, 0.2) is 45.6 Å². The number of amides is 1.